The van der Waals surface area contributed by atoms with E-state index < -0.39 is 0 Å². The van der Waals surface area contributed by atoms with Gasteiger partial charge in [0.15, 0.2) is 0 Å². The summed E-state index contributed by atoms with van der Waals surface area (Å²) < 4.78 is 4.00. The topological polar surface area (TPSA) is 12.4 Å². The Morgan fingerprint density at radius 2 is 1.79 bits per heavy atom. The van der Waals surface area contributed by atoms with Gasteiger partial charge >= 0.3 is 0 Å². The van der Waals surface area contributed by atoms with Crippen LogP contribution in [0.1, 0.15) is 19.4 Å². The molecule has 1 aromatic carbocycles. The summed E-state index contributed by atoms with van der Waals surface area (Å²) in [7, 11) is 0. The van der Waals surface area contributed by atoms with Crippen LogP contribution < -0.4 is 0 Å². The third-order valence-electron chi connectivity index (χ3n) is 2.31. The van der Waals surface area contributed by atoms with Crippen molar-refractivity contribution < 1.29 is 0 Å². The Balaban J connectivity index is 2.77. The molecule has 1 aliphatic rings. The molecule has 0 aromatic heterocycles. The fraction of sp³-hybridized carbons (Fsp3) is 0.300. The maximum absolute atomic E-state index is 4.48. The average Bonchev–Trinajstić information content (AvgIpc) is 2.38. The van der Waals surface area contributed by atoms with Gasteiger partial charge in [0.25, 0.3) is 0 Å². The molecule has 4 heteroatoms. The van der Waals surface area contributed by atoms with Crippen LogP contribution in [0.15, 0.2) is 11.1 Å². The van der Waals surface area contributed by atoms with E-state index in [1.165, 1.54) is 16.3 Å². The van der Waals surface area contributed by atoms with Crippen LogP contribution in [0.5, 0.6) is 0 Å². The van der Waals surface area contributed by atoms with E-state index in [9.17, 15) is 0 Å². The summed E-state index contributed by atoms with van der Waals surface area (Å²) in [5.41, 5.74) is 2.61. The van der Waals surface area contributed by atoms with Gasteiger partial charge in [-0.3, -0.25) is 4.99 Å². The highest BCUT2D eigenvalue weighted by Gasteiger charge is 2.30. The quantitative estimate of drug-likeness (QED) is 0.352. The van der Waals surface area contributed by atoms with E-state index in [0.717, 1.165) is 5.69 Å². The van der Waals surface area contributed by atoms with Crippen molar-refractivity contribution >= 4 is 79.7 Å². The van der Waals surface area contributed by atoms with Crippen molar-refractivity contribution in [3.63, 3.8) is 0 Å². The van der Waals surface area contributed by atoms with E-state index in [2.05, 4.69) is 92.7 Å². The Bertz CT molecular complexity index is 435. The van der Waals surface area contributed by atoms with Gasteiger partial charge in [0, 0.05) is 27.9 Å². The molecular formula is C10H8I3N. The zero-order chi connectivity index (χ0) is 10.5. The third-order valence-corrected chi connectivity index (χ3v) is 7.43. The Kier molecular flexibility index (Phi) is 3.16. The van der Waals surface area contributed by atoms with Gasteiger partial charge in [-0.25, -0.2) is 0 Å². The number of hydrogen-bond acceptors (Lipinski definition) is 1. The molecule has 0 saturated carbocycles. The molecule has 0 atom stereocenters. The van der Waals surface area contributed by atoms with Crippen molar-refractivity contribution in [3.8, 4) is 0 Å². The molecule has 1 heterocycles. The van der Waals surface area contributed by atoms with Crippen LogP contribution in [0.3, 0.4) is 0 Å². The summed E-state index contributed by atoms with van der Waals surface area (Å²) >= 11 is 7.21. The fourth-order valence-electron chi connectivity index (χ4n) is 1.59. The molecule has 14 heavy (non-hydrogen) atoms. The fourth-order valence-corrected chi connectivity index (χ4v) is 4.36. The summed E-state index contributed by atoms with van der Waals surface area (Å²) in [6, 6.07) is 2.17. The summed E-state index contributed by atoms with van der Waals surface area (Å²) in [6.45, 7) is 4.43. The molecule has 1 nitrogen and oxygen atoms in total. The van der Waals surface area contributed by atoms with Crippen LogP contribution in [-0.2, 0) is 5.41 Å². The Hall–Kier alpha value is 1.08. The SMILES string of the molecule is CC1(C)C=Nc2cc(I)c(I)c(I)c21. The predicted molar refractivity (Wildman–Crippen MR) is 85.8 cm³/mol. The number of hydrogen-bond donors (Lipinski definition) is 0. The van der Waals surface area contributed by atoms with Crippen LogP contribution in [-0.4, -0.2) is 6.21 Å². The highest BCUT2D eigenvalue weighted by molar-refractivity contribution is 14.1. The second-order valence-electron chi connectivity index (χ2n) is 3.86. The van der Waals surface area contributed by atoms with Crippen molar-refractivity contribution in [1.82, 2.24) is 0 Å². The number of halogens is 3. The van der Waals surface area contributed by atoms with Crippen LogP contribution in [0.4, 0.5) is 5.69 Å². The van der Waals surface area contributed by atoms with Crippen molar-refractivity contribution in [1.29, 1.82) is 0 Å². The zero-order valence-electron chi connectivity index (χ0n) is 7.74. The van der Waals surface area contributed by atoms with Crippen molar-refractivity contribution in [3.05, 3.63) is 22.3 Å². The second-order valence-corrected chi connectivity index (χ2v) is 7.18. The van der Waals surface area contributed by atoms with E-state index in [4.69, 9.17) is 0 Å². The lowest BCUT2D eigenvalue weighted by Crippen LogP contribution is -2.17. The van der Waals surface area contributed by atoms with E-state index in [-0.39, 0.29) is 5.41 Å². The Labute approximate surface area is 125 Å². The van der Waals surface area contributed by atoms with Gasteiger partial charge in [0.05, 0.1) is 5.69 Å². The summed E-state index contributed by atoms with van der Waals surface area (Å²) in [5, 5.41) is 0. The molecule has 1 aliphatic heterocycles. The van der Waals surface area contributed by atoms with Crippen LogP contribution in [0.25, 0.3) is 0 Å². The lowest BCUT2D eigenvalue weighted by Gasteiger charge is -2.18. The largest absolute Gasteiger partial charge is 0.260 e. The summed E-state index contributed by atoms with van der Waals surface area (Å²) in [6.07, 6.45) is 2.05. The molecule has 0 N–H and O–H groups in total. The molecule has 0 spiro atoms. The molecular weight excluding hydrogens is 515 g/mol. The standard InChI is InChI=1S/C10H8I3N/c1-10(2)4-14-6-3-5(11)8(12)9(13)7(6)10/h3-4H,1-2H3. The minimum absolute atomic E-state index is 0.0934. The molecule has 0 fully saturated rings. The first kappa shape index (κ1) is 11.6. The normalized spacial score (nSPS) is 17.2. The first-order chi connectivity index (χ1) is 6.43. The molecule has 0 amide bonds. The first-order valence-electron chi connectivity index (χ1n) is 4.16. The minimum Gasteiger partial charge on any atom is -0.260 e. The van der Waals surface area contributed by atoms with Gasteiger partial charge in [-0.2, -0.15) is 0 Å². The van der Waals surface area contributed by atoms with E-state index in [0.29, 0.717) is 0 Å². The molecule has 0 unspecified atom stereocenters. The lowest BCUT2D eigenvalue weighted by molar-refractivity contribution is 0.747. The maximum Gasteiger partial charge on any atom is 0.0689 e. The Morgan fingerprint density at radius 1 is 1.14 bits per heavy atom. The number of aliphatic imine (C=N–C) groups is 1. The van der Waals surface area contributed by atoms with Gasteiger partial charge < -0.3 is 0 Å². The maximum atomic E-state index is 4.48. The first-order valence-corrected chi connectivity index (χ1v) is 7.40. The molecule has 2 rings (SSSR count). The highest BCUT2D eigenvalue weighted by atomic mass is 127. The molecule has 0 bridgehead atoms. The lowest BCUT2D eigenvalue weighted by atomic mass is 9.87. The van der Waals surface area contributed by atoms with Gasteiger partial charge in [-0.1, -0.05) is 13.8 Å². The van der Waals surface area contributed by atoms with E-state index in [1.807, 2.05) is 6.21 Å². The Morgan fingerprint density at radius 3 is 2.43 bits per heavy atom. The zero-order valence-corrected chi connectivity index (χ0v) is 14.2. The summed E-state index contributed by atoms with van der Waals surface area (Å²) in [4.78, 5) is 4.48. The molecule has 1 aromatic rings. The minimum atomic E-state index is 0.0934. The van der Waals surface area contributed by atoms with Crippen molar-refractivity contribution in [2.24, 2.45) is 4.99 Å². The number of fused-ring (bicyclic) bond motifs is 1. The average molecular weight is 523 g/mol. The summed E-state index contributed by atoms with van der Waals surface area (Å²) in [5.74, 6) is 0. The number of nitrogens with zero attached hydrogens (tertiary/aromatic N) is 1. The van der Waals surface area contributed by atoms with Crippen LogP contribution >= 0.6 is 67.8 Å². The second kappa shape index (κ2) is 3.83. The molecule has 0 aliphatic carbocycles. The smallest absolute Gasteiger partial charge is 0.0689 e. The van der Waals surface area contributed by atoms with E-state index >= 15 is 0 Å². The predicted octanol–water partition coefficient (Wildman–Crippen LogP) is 4.49. The molecule has 0 saturated heterocycles. The molecule has 0 radical (unpaired) electrons. The van der Waals surface area contributed by atoms with E-state index in [1.54, 1.807) is 0 Å². The van der Waals surface area contributed by atoms with Gasteiger partial charge in [0.1, 0.15) is 0 Å². The number of rotatable bonds is 0. The van der Waals surface area contributed by atoms with Crippen LogP contribution in [0.2, 0.25) is 0 Å². The van der Waals surface area contributed by atoms with Crippen LogP contribution in [0, 0.1) is 10.7 Å². The van der Waals surface area contributed by atoms with Crippen molar-refractivity contribution in [2.45, 2.75) is 19.3 Å². The third kappa shape index (κ3) is 1.74. The van der Waals surface area contributed by atoms with Gasteiger partial charge in [-0.15, -0.1) is 0 Å². The molecule has 74 valence electrons. The number of benzene rings is 1. The van der Waals surface area contributed by atoms with Gasteiger partial charge in [-0.05, 0) is 73.8 Å². The highest BCUT2D eigenvalue weighted by Crippen LogP contribution is 2.42. The van der Waals surface area contributed by atoms with Crippen molar-refractivity contribution in [2.75, 3.05) is 0 Å². The van der Waals surface area contributed by atoms with Gasteiger partial charge in [0.2, 0.25) is 0 Å². The monoisotopic (exact) mass is 523 g/mol.